The molecule has 0 fully saturated rings. The zero-order chi connectivity index (χ0) is 19.6. The fraction of sp³-hybridized carbons (Fsp3) is 0.211. The average molecular weight is 367 g/mol. The van der Waals surface area contributed by atoms with Crippen LogP contribution in [-0.4, -0.2) is 34.1 Å². The van der Waals surface area contributed by atoms with Crippen molar-refractivity contribution < 1.29 is 19.3 Å². The predicted octanol–water partition coefficient (Wildman–Crippen LogP) is 2.78. The van der Waals surface area contributed by atoms with Gasteiger partial charge in [0.05, 0.1) is 16.1 Å². The minimum Gasteiger partial charge on any atom is -0.325 e. The number of fused-ring (bicyclic) bond motifs is 1. The number of carbonyl (C=O) groups excluding carboxylic acids is 3. The van der Waals surface area contributed by atoms with Crippen molar-refractivity contribution in [3.05, 3.63) is 69.3 Å². The summed E-state index contributed by atoms with van der Waals surface area (Å²) >= 11 is 0. The molecule has 1 N–H and O–H groups in total. The number of benzene rings is 2. The van der Waals surface area contributed by atoms with Crippen LogP contribution in [0.15, 0.2) is 42.5 Å². The van der Waals surface area contributed by atoms with Crippen LogP contribution in [0, 0.1) is 10.1 Å². The van der Waals surface area contributed by atoms with Crippen LogP contribution >= 0.6 is 0 Å². The fourth-order valence-corrected chi connectivity index (χ4v) is 2.92. The van der Waals surface area contributed by atoms with E-state index in [2.05, 4.69) is 12.2 Å². The molecule has 27 heavy (non-hydrogen) atoms. The molecule has 1 heterocycles. The molecular formula is C19H17N3O5. The van der Waals surface area contributed by atoms with E-state index in [0.717, 1.165) is 35.4 Å². The lowest BCUT2D eigenvalue weighted by Gasteiger charge is -2.13. The van der Waals surface area contributed by atoms with Gasteiger partial charge in [0.1, 0.15) is 6.54 Å². The highest BCUT2D eigenvalue weighted by Crippen LogP contribution is 2.26. The van der Waals surface area contributed by atoms with Crippen molar-refractivity contribution in [2.75, 3.05) is 11.9 Å². The van der Waals surface area contributed by atoms with Crippen LogP contribution in [0.3, 0.4) is 0 Å². The Bertz CT molecular complexity index is 937. The van der Waals surface area contributed by atoms with Crippen LogP contribution in [-0.2, 0) is 11.2 Å². The van der Waals surface area contributed by atoms with Crippen molar-refractivity contribution in [3.8, 4) is 0 Å². The molecular weight excluding hydrogens is 350 g/mol. The van der Waals surface area contributed by atoms with E-state index in [0.29, 0.717) is 5.69 Å². The van der Waals surface area contributed by atoms with Gasteiger partial charge in [0, 0.05) is 17.8 Å². The Morgan fingerprint density at radius 2 is 1.74 bits per heavy atom. The van der Waals surface area contributed by atoms with Gasteiger partial charge in [-0.3, -0.25) is 29.4 Å². The smallest absolute Gasteiger partial charge is 0.270 e. The minimum absolute atomic E-state index is 0.0577. The molecule has 0 bridgehead atoms. The second kappa shape index (κ2) is 7.36. The number of amides is 3. The SMILES string of the molecule is CCCc1ccc(NC(=O)CN2C(=O)c3ccc([N+](=O)[O-])cc3C2=O)cc1. The highest BCUT2D eigenvalue weighted by Gasteiger charge is 2.37. The van der Waals surface area contributed by atoms with Crippen LogP contribution in [0.1, 0.15) is 39.6 Å². The molecule has 3 rings (SSSR count). The molecule has 0 radical (unpaired) electrons. The van der Waals surface area contributed by atoms with Crippen molar-refractivity contribution in [2.45, 2.75) is 19.8 Å². The lowest BCUT2D eigenvalue weighted by molar-refractivity contribution is -0.384. The van der Waals surface area contributed by atoms with Gasteiger partial charge in [-0.15, -0.1) is 0 Å². The number of nitro groups is 1. The summed E-state index contributed by atoms with van der Waals surface area (Å²) in [5.41, 5.74) is 1.42. The van der Waals surface area contributed by atoms with Crippen LogP contribution in [0.4, 0.5) is 11.4 Å². The molecule has 0 atom stereocenters. The maximum absolute atomic E-state index is 12.4. The number of nitrogens with zero attached hydrogens (tertiary/aromatic N) is 2. The van der Waals surface area contributed by atoms with Gasteiger partial charge in [0.25, 0.3) is 17.5 Å². The number of hydrogen-bond donors (Lipinski definition) is 1. The van der Waals surface area contributed by atoms with Crippen molar-refractivity contribution in [1.29, 1.82) is 0 Å². The zero-order valence-electron chi connectivity index (χ0n) is 14.6. The van der Waals surface area contributed by atoms with Gasteiger partial charge in [0.2, 0.25) is 5.91 Å². The lowest BCUT2D eigenvalue weighted by Crippen LogP contribution is -2.37. The predicted molar refractivity (Wildman–Crippen MR) is 97.5 cm³/mol. The summed E-state index contributed by atoms with van der Waals surface area (Å²) < 4.78 is 0. The molecule has 0 saturated carbocycles. The van der Waals surface area contributed by atoms with Crippen molar-refractivity contribution in [3.63, 3.8) is 0 Å². The van der Waals surface area contributed by atoms with Gasteiger partial charge in [-0.25, -0.2) is 0 Å². The summed E-state index contributed by atoms with van der Waals surface area (Å²) in [7, 11) is 0. The van der Waals surface area contributed by atoms with Gasteiger partial charge in [-0.2, -0.15) is 0 Å². The maximum atomic E-state index is 12.4. The standard InChI is InChI=1S/C19H17N3O5/c1-2-3-12-4-6-13(7-5-12)20-17(23)11-21-18(24)15-9-8-14(22(26)27)10-16(15)19(21)25/h4-10H,2-3,11H2,1H3,(H,20,23). The van der Waals surface area contributed by atoms with Crippen molar-refractivity contribution in [2.24, 2.45) is 0 Å². The molecule has 0 unspecified atom stereocenters. The highest BCUT2D eigenvalue weighted by atomic mass is 16.6. The van der Waals surface area contributed by atoms with E-state index in [1.54, 1.807) is 12.1 Å². The minimum atomic E-state index is -0.716. The van der Waals surface area contributed by atoms with Crippen LogP contribution in [0.2, 0.25) is 0 Å². The summed E-state index contributed by atoms with van der Waals surface area (Å²) in [5, 5.41) is 13.5. The highest BCUT2D eigenvalue weighted by molar-refractivity contribution is 6.23. The maximum Gasteiger partial charge on any atom is 0.270 e. The van der Waals surface area contributed by atoms with E-state index in [9.17, 15) is 24.5 Å². The summed E-state index contributed by atoms with van der Waals surface area (Å²) in [6.45, 7) is 1.61. The van der Waals surface area contributed by atoms with E-state index >= 15 is 0 Å². The molecule has 2 aromatic rings. The summed E-state index contributed by atoms with van der Waals surface area (Å²) in [4.78, 5) is 48.0. The van der Waals surface area contributed by atoms with Gasteiger partial charge in [-0.1, -0.05) is 25.5 Å². The first-order chi connectivity index (χ1) is 12.9. The largest absolute Gasteiger partial charge is 0.325 e. The third-order valence-electron chi connectivity index (χ3n) is 4.24. The zero-order valence-corrected chi connectivity index (χ0v) is 14.6. The number of anilines is 1. The Kier molecular flexibility index (Phi) is 4.98. The number of rotatable bonds is 6. The molecule has 0 spiro atoms. The first-order valence-corrected chi connectivity index (χ1v) is 8.44. The number of carbonyl (C=O) groups is 3. The van der Waals surface area contributed by atoms with Crippen molar-refractivity contribution in [1.82, 2.24) is 4.90 Å². The number of nitro benzene ring substituents is 1. The van der Waals surface area contributed by atoms with Gasteiger partial charge >= 0.3 is 0 Å². The van der Waals surface area contributed by atoms with E-state index < -0.39 is 29.2 Å². The van der Waals surface area contributed by atoms with Gasteiger partial charge < -0.3 is 5.32 Å². The van der Waals surface area contributed by atoms with E-state index in [4.69, 9.17) is 0 Å². The fourth-order valence-electron chi connectivity index (χ4n) is 2.92. The van der Waals surface area contributed by atoms with Crippen LogP contribution in [0.25, 0.3) is 0 Å². The third-order valence-corrected chi connectivity index (χ3v) is 4.24. The normalized spacial score (nSPS) is 12.9. The molecule has 8 heteroatoms. The topological polar surface area (TPSA) is 110 Å². The Balaban J connectivity index is 1.70. The van der Waals surface area contributed by atoms with Crippen molar-refractivity contribution >= 4 is 29.1 Å². The van der Waals surface area contributed by atoms with E-state index in [1.165, 1.54) is 6.07 Å². The summed E-state index contributed by atoms with van der Waals surface area (Å²) in [6, 6.07) is 10.8. The van der Waals surface area contributed by atoms with Crippen LogP contribution < -0.4 is 5.32 Å². The molecule has 8 nitrogen and oxygen atoms in total. The van der Waals surface area contributed by atoms with Gasteiger partial charge in [-0.05, 0) is 30.2 Å². The first kappa shape index (κ1) is 18.2. The molecule has 1 aliphatic heterocycles. The molecule has 3 amide bonds. The second-order valence-electron chi connectivity index (χ2n) is 6.18. The monoisotopic (exact) mass is 367 g/mol. The quantitative estimate of drug-likeness (QED) is 0.480. The molecule has 0 aromatic heterocycles. The molecule has 0 aliphatic carbocycles. The molecule has 2 aromatic carbocycles. The number of hydrogen-bond acceptors (Lipinski definition) is 5. The Labute approximate surface area is 154 Å². The molecule has 1 aliphatic rings. The number of imide groups is 1. The third kappa shape index (κ3) is 3.69. The lowest BCUT2D eigenvalue weighted by atomic mass is 10.1. The van der Waals surface area contributed by atoms with E-state index in [1.807, 2.05) is 12.1 Å². The number of aryl methyl sites for hydroxylation is 1. The molecule has 0 saturated heterocycles. The van der Waals surface area contributed by atoms with Crippen LogP contribution in [0.5, 0.6) is 0 Å². The Morgan fingerprint density at radius 1 is 1.07 bits per heavy atom. The number of nitrogens with one attached hydrogen (secondary N) is 1. The second-order valence-corrected chi connectivity index (χ2v) is 6.18. The number of non-ortho nitro benzene ring substituents is 1. The van der Waals surface area contributed by atoms with Gasteiger partial charge in [0.15, 0.2) is 0 Å². The Hall–Kier alpha value is -3.55. The average Bonchev–Trinajstić information content (AvgIpc) is 2.88. The molecule has 138 valence electrons. The van der Waals surface area contributed by atoms with E-state index in [-0.39, 0.29) is 16.8 Å². The summed E-state index contributed by atoms with van der Waals surface area (Å²) in [6.07, 6.45) is 1.96. The summed E-state index contributed by atoms with van der Waals surface area (Å²) in [5.74, 6) is -1.88. The first-order valence-electron chi connectivity index (χ1n) is 8.44. The Morgan fingerprint density at radius 3 is 2.37 bits per heavy atom.